The van der Waals surface area contributed by atoms with Gasteiger partial charge in [0.25, 0.3) is 0 Å². The van der Waals surface area contributed by atoms with Crippen molar-refractivity contribution < 1.29 is 28.6 Å². The van der Waals surface area contributed by atoms with E-state index in [-0.39, 0.29) is 37.5 Å². The third-order valence-electron chi connectivity index (χ3n) is 13.8. The maximum absolute atomic E-state index is 12.9. The van der Waals surface area contributed by atoms with Crippen molar-refractivity contribution in [2.75, 3.05) is 13.2 Å². The van der Waals surface area contributed by atoms with Crippen LogP contribution in [-0.2, 0) is 28.6 Å². The van der Waals surface area contributed by atoms with Crippen LogP contribution in [0.5, 0.6) is 0 Å². The Bertz CT molecular complexity index is 1760. The number of carbonyl (C=O) groups is 3. The van der Waals surface area contributed by atoms with Gasteiger partial charge in [0.1, 0.15) is 13.2 Å². The van der Waals surface area contributed by atoms with Gasteiger partial charge in [-0.25, -0.2) is 0 Å². The van der Waals surface area contributed by atoms with Crippen molar-refractivity contribution in [2.45, 2.75) is 297 Å². The smallest absolute Gasteiger partial charge is 0.306 e. The molecule has 0 aromatic rings. The van der Waals surface area contributed by atoms with Gasteiger partial charge in [-0.3, -0.25) is 14.4 Å². The van der Waals surface area contributed by atoms with Gasteiger partial charge in [0.05, 0.1) is 0 Å². The van der Waals surface area contributed by atoms with Gasteiger partial charge in [0, 0.05) is 19.3 Å². The minimum Gasteiger partial charge on any atom is -0.462 e. The summed E-state index contributed by atoms with van der Waals surface area (Å²) in [7, 11) is 0. The molecule has 0 N–H and O–H groups in total. The van der Waals surface area contributed by atoms with Crippen LogP contribution in [0.1, 0.15) is 290 Å². The summed E-state index contributed by atoms with van der Waals surface area (Å²) in [5, 5.41) is 0. The lowest BCUT2D eigenvalue weighted by Gasteiger charge is -2.18. The average Bonchev–Trinajstić information content (AvgIpc) is 3.47. The number of hydrogen-bond donors (Lipinski definition) is 0. The van der Waals surface area contributed by atoms with E-state index in [2.05, 4.69) is 167 Å². The van der Waals surface area contributed by atoms with Gasteiger partial charge < -0.3 is 14.2 Å². The highest BCUT2D eigenvalue weighted by molar-refractivity contribution is 5.71. The molecule has 0 aliphatic heterocycles. The molecule has 0 spiro atoms. The van der Waals surface area contributed by atoms with Gasteiger partial charge in [-0.1, -0.05) is 295 Å². The quantitative estimate of drug-likeness (QED) is 0.0261. The first-order valence-electron chi connectivity index (χ1n) is 33.3. The van der Waals surface area contributed by atoms with Gasteiger partial charge in [-0.05, 0) is 122 Å². The third kappa shape index (κ3) is 66.0. The molecule has 0 aromatic carbocycles. The number of hydrogen-bond acceptors (Lipinski definition) is 6. The molecule has 0 heterocycles. The Morgan fingerprint density at radius 2 is 0.494 bits per heavy atom. The Morgan fingerprint density at radius 3 is 0.802 bits per heavy atom. The highest BCUT2D eigenvalue weighted by Gasteiger charge is 2.19. The largest absolute Gasteiger partial charge is 0.462 e. The number of allylic oxidation sites excluding steroid dienone is 24. The van der Waals surface area contributed by atoms with Crippen LogP contribution in [0.25, 0.3) is 0 Å². The molecule has 0 aliphatic carbocycles. The van der Waals surface area contributed by atoms with E-state index < -0.39 is 6.10 Å². The lowest BCUT2D eigenvalue weighted by molar-refractivity contribution is -0.167. The van der Waals surface area contributed by atoms with Crippen LogP contribution in [0, 0.1) is 0 Å². The van der Waals surface area contributed by atoms with Gasteiger partial charge in [0.15, 0.2) is 6.10 Å². The van der Waals surface area contributed by atoms with Crippen molar-refractivity contribution in [1.29, 1.82) is 0 Å². The second-order valence-electron chi connectivity index (χ2n) is 21.6. The van der Waals surface area contributed by atoms with Gasteiger partial charge in [0.2, 0.25) is 0 Å². The summed E-state index contributed by atoms with van der Waals surface area (Å²) in [6.07, 6.45) is 97.3. The summed E-state index contributed by atoms with van der Waals surface area (Å²) in [4.78, 5) is 38.2. The van der Waals surface area contributed by atoms with E-state index >= 15 is 0 Å². The Hall–Kier alpha value is -4.71. The lowest BCUT2D eigenvalue weighted by Crippen LogP contribution is -2.30. The average molecular weight is 1120 g/mol. The fourth-order valence-corrected chi connectivity index (χ4v) is 8.86. The van der Waals surface area contributed by atoms with Crippen molar-refractivity contribution >= 4 is 17.9 Å². The molecule has 1 unspecified atom stereocenters. The Kier molecular flexibility index (Phi) is 63.9. The first-order chi connectivity index (χ1) is 40.0. The molecular formula is C75H122O6. The molecule has 6 heteroatoms. The maximum Gasteiger partial charge on any atom is 0.306 e. The molecule has 81 heavy (non-hydrogen) atoms. The predicted molar refractivity (Wildman–Crippen MR) is 352 cm³/mol. The molecule has 0 saturated carbocycles. The zero-order valence-electron chi connectivity index (χ0n) is 52.5. The maximum atomic E-state index is 12.9. The summed E-state index contributed by atoms with van der Waals surface area (Å²) >= 11 is 0. The van der Waals surface area contributed by atoms with E-state index in [9.17, 15) is 14.4 Å². The number of ether oxygens (including phenoxy) is 3. The molecule has 0 aliphatic rings. The van der Waals surface area contributed by atoms with Crippen LogP contribution in [0.2, 0.25) is 0 Å². The van der Waals surface area contributed by atoms with Crippen molar-refractivity contribution in [3.8, 4) is 0 Å². The minimum absolute atomic E-state index is 0.100. The van der Waals surface area contributed by atoms with E-state index in [0.717, 1.165) is 116 Å². The van der Waals surface area contributed by atoms with Crippen molar-refractivity contribution in [3.63, 3.8) is 0 Å². The number of carbonyl (C=O) groups excluding carboxylic acids is 3. The van der Waals surface area contributed by atoms with Crippen LogP contribution >= 0.6 is 0 Å². The zero-order chi connectivity index (χ0) is 58.5. The van der Waals surface area contributed by atoms with E-state index in [1.807, 2.05) is 0 Å². The summed E-state index contributed by atoms with van der Waals surface area (Å²) in [6.45, 7) is 6.45. The summed E-state index contributed by atoms with van der Waals surface area (Å²) < 4.78 is 16.8. The molecular weight excluding hydrogens is 997 g/mol. The van der Waals surface area contributed by atoms with Gasteiger partial charge in [-0.2, -0.15) is 0 Å². The number of esters is 3. The molecule has 1 atom stereocenters. The highest BCUT2D eigenvalue weighted by atomic mass is 16.6. The van der Waals surface area contributed by atoms with E-state index in [4.69, 9.17) is 14.2 Å². The van der Waals surface area contributed by atoms with Crippen LogP contribution in [0.3, 0.4) is 0 Å². The van der Waals surface area contributed by atoms with Gasteiger partial charge >= 0.3 is 17.9 Å². The van der Waals surface area contributed by atoms with Crippen LogP contribution in [-0.4, -0.2) is 37.2 Å². The molecule has 0 saturated heterocycles. The number of unbranched alkanes of at least 4 members (excludes halogenated alkanes) is 24. The molecule has 0 rings (SSSR count). The molecule has 6 nitrogen and oxygen atoms in total. The normalized spacial score (nSPS) is 13.1. The van der Waals surface area contributed by atoms with Crippen LogP contribution in [0.15, 0.2) is 146 Å². The fraction of sp³-hybridized carbons (Fsp3) is 0.640. The molecule has 0 bridgehead atoms. The molecule has 0 amide bonds. The molecule has 0 radical (unpaired) electrons. The van der Waals surface area contributed by atoms with Gasteiger partial charge in [-0.15, -0.1) is 0 Å². The van der Waals surface area contributed by atoms with E-state index in [1.54, 1.807) is 0 Å². The van der Waals surface area contributed by atoms with Crippen molar-refractivity contribution in [1.82, 2.24) is 0 Å². The second-order valence-corrected chi connectivity index (χ2v) is 21.6. The standard InChI is InChI=1S/C75H122O6/c1-4-7-10-13-16-19-21-23-25-27-29-31-33-35-36-37-38-40-41-43-45-47-49-51-53-56-59-62-65-68-74(77)80-71-72(70-79-73(76)67-64-61-58-55-18-15-12-9-6-3)81-75(78)69-66-63-60-57-54-52-50-48-46-44-42-39-34-32-30-28-26-24-22-20-17-14-11-8-5-2/h7,10,16,19,22-25,28-31,34-36,38-40,43,45,49,51,56,59,72H,4-6,8-9,11-15,17-18,20-21,26-27,32-33,37,41-42,44,46-48,50,52-55,57-58,60-71H2,1-3H3/b10-7-,19-16-,24-22-,25-23-,30-28-,31-29-,36-35-,39-34-,40-38-,45-43-,51-49-,59-56-. The third-order valence-corrected chi connectivity index (χ3v) is 13.8. The van der Waals surface area contributed by atoms with E-state index in [0.29, 0.717) is 19.3 Å². The second kappa shape index (κ2) is 67.8. The Morgan fingerprint density at radius 1 is 0.259 bits per heavy atom. The monoisotopic (exact) mass is 1120 g/mol. The fourth-order valence-electron chi connectivity index (χ4n) is 8.86. The van der Waals surface area contributed by atoms with Crippen molar-refractivity contribution in [2.24, 2.45) is 0 Å². The van der Waals surface area contributed by atoms with Crippen LogP contribution in [0.4, 0.5) is 0 Å². The molecule has 0 aromatic heterocycles. The minimum atomic E-state index is -0.808. The lowest BCUT2D eigenvalue weighted by atomic mass is 10.0. The topological polar surface area (TPSA) is 78.9 Å². The SMILES string of the molecule is CC/C=C\C/C=C\C/C=C\C/C=C\C/C=C\C/C=C\C/C=C\C/C=C\C/C=C\CCCC(=O)OCC(COC(=O)CCCCCCCCCCC)OC(=O)CCCCCCCCCCCC/C=C\C/C=C\C/C=C\CCCCCCC. The molecule has 0 fully saturated rings. The Labute approximate surface area is 499 Å². The summed E-state index contributed by atoms with van der Waals surface area (Å²) in [6, 6.07) is 0. The van der Waals surface area contributed by atoms with Crippen molar-refractivity contribution in [3.05, 3.63) is 146 Å². The zero-order valence-corrected chi connectivity index (χ0v) is 52.5. The Balaban J connectivity index is 4.35. The highest BCUT2D eigenvalue weighted by Crippen LogP contribution is 2.15. The summed E-state index contributed by atoms with van der Waals surface area (Å²) in [5.74, 6) is -0.969. The predicted octanol–water partition coefficient (Wildman–Crippen LogP) is 23.1. The molecule has 458 valence electrons. The van der Waals surface area contributed by atoms with E-state index in [1.165, 1.54) is 128 Å². The van der Waals surface area contributed by atoms with Crippen LogP contribution < -0.4 is 0 Å². The first-order valence-corrected chi connectivity index (χ1v) is 33.3. The number of rotatable bonds is 59. The summed E-state index contributed by atoms with van der Waals surface area (Å²) in [5.41, 5.74) is 0. The first kappa shape index (κ1) is 76.3.